The van der Waals surface area contributed by atoms with Crippen LogP contribution in [0, 0.1) is 13.8 Å². The molecule has 2 aliphatic heterocycles. The minimum absolute atomic E-state index is 0.0568. The summed E-state index contributed by atoms with van der Waals surface area (Å²) in [6, 6.07) is 10.1. The number of nitrogens with zero attached hydrogens (tertiary/aromatic N) is 3. The van der Waals surface area contributed by atoms with E-state index in [-0.39, 0.29) is 11.4 Å². The number of carbonyl (C=O) groups is 1. The molecule has 0 atom stereocenters. The first-order valence-corrected chi connectivity index (χ1v) is 10.6. The van der Waals surface area contributed by atoms with Crippen molar-refractivity contribution in [3.8, 4) is 0 Å². The van der Waals surface area contributed by atoms with Crippen LogP contribution in [0.15, 0.2) is 40.3 Å². The Balaban J connectivity index is 1.61. The molecule has 0 spiro atoms. The first-order chi connectivity index (χ1) is 14.7. The number of nitrogen functional groups attached to an aromatic ring is 1. The molecular weight excluding hydrogens is 388 g/mol. The second kappa shape index (κ2) is 7.84. The third kappa shape index (κ3) is 4.20. The lowest BCUT2D eigenvalue weighted by Gasteiger charge is -2.19. The zero-order valence-corrected chi connectivity index (χ0v) is 19.0. The third-order valence-electron chi connectivity index (χ3n) is 5.92. The van der Waals surface area contributed by atoms with Crippen LogP contribution in [-0.4, -0.2) is 41.6 Å². The van der Waals surface area contributed by atoms with Crippen LogP contribution in [0.4, 0.5) is 5.69 Å². The van der Waals surface area contributed by atoms with Crippen LogP contribution in [0.2, 0.25) is 0 Å². The minimum atomic E-state index is -0.214. The summed E-state index contributed by atoms with van der Waals surface area (Å²) in [7, 11) is 1.76. The molecule has 0 fully saturated rings. The van der Waals surface area contributed by atoms with Crippen LogP contribution in [0.5, 0.6) is 0 Å². The lowest BCUT2D eigenvalue weighted by molar-refractivity contribution is 0.0752. The number of benzene rings is 2. The lowest BCUT2D eigenvalue weighted by atomic mass is 9.97. The average Bonchev–Trinajstić information content (AvgIpc) is 3.28. The second-order valence-electron chi connectivity index (χ2n) is 9.14. The van der Waals surface area contributed by atoms with Crippen molar-refractivity contribution in [2.75, 3.05) is 19.4 Å². The molecule has 0 radical (unpaired) electrons. The third-order valence-corrected chi connectivity index (χ3v) is 5.92. The van der Waals surface area contributed by atoms with Gasteiger partial charge in [0.2, 0.25) is 0 Å². The quantitative estimate of drug-likeness (QED) is 0.601. The summed E-state index contributed by atoms with van der Waals surface area (Å²) in [6.07, 6.45) is 0.493. The van der Waals surface area contributed by atoms with E-state index in [2.05, 4.69) is 35.1 Å². The molecule has 1 amide bonds. The number of carbonyl (C=O) groups excluding carboxylic acids is 1. The molecule has 2 aliphatic rings. The predicted octanol–water partition coefficient (Wildman–Crippen LogP) is 4.06. The summed E-state index contributed by atoms with van der Waals surface area (Å²) in [5, 5.41) is 0. The summed E-state index contributed by atoms with van der Waals surface area (Å²) >= 11 is 0. The first kappa shape index (κ1) is 21.1. The van der Waals surface area contributed by atoms with E-state index in [1.54, 1.807) is 7.05 Å². The van der Waals surface area contributed by atoms with Crippen molar-refractivity contribution in [2.45, 2.75) is 52.7 Å². The molecule has 6 heteroatoms. The van der Waals surface area contributed by atoms with E-state index in [0.717, 1.165) is 16.8 Å². The van der Waals surface area contributed by atoms with Crippen LogP contribution < -0.4 is 5.73 Å². The number of amides is 1. The Morgan fingerprint density at radius 3 is 2.58 bits per heavy atom. The van der Waals surface area contributed by atoms with Crippen LogP contribution in [0.1, 0.15) is 58.4 Å². The maximum Gasteiger partial charge on any atom is 0.256 e. The molecule has 2 N–H and O–H groups in total. The zero-order valence-electron chi connectivity index (χ0n) is 19.0. The number of fused-ring (bicyclic) bond motifs is 1. The van der Waals surface area contributed by atoms with Crippen molar-refractivity contribution in [3.63, 3.8) is 0 Å². The zero-order chi connectivity index (χ0) is 22.3. The van der Waals surface area contributed by atoms with E-state index in [1.807, 2.05) is 37.8 Å². The van der Waals surface area contributed by atoms with Crippen molar-refractivity contribution >= 4 is 23.2 Å². The van der Waals surface area contributed by atoms with Crippen molar-refractivity contribution in [2.24, 2.45) is 9.98 Å². The van der Waals surface area contributed by atoms with Crippen molar-refractivity contribution in [1.29, 1.82) is 0 Å². The molecule has 162 valence electrons. The Morgan fingerprint density at radius 1 is 1.16 bits per heavy atom. The molecular formula is C25H30N4O2. The van der Waals surface area contributed by atoms with Gasteiger partial charge in [-0.3, -0.25) is 9.79 Å². The van der Waals surface area contributed by atoms with Gasteiger partial charge in [0.1, 0.15) is 6.61 Å². The molecule has 4 rings (SSSR count). The molecule has 0 bridgehead atoms. The van der Waals surface area contributed by atoms with Gasteiger partial charge in [-0.05, 0) is 62.1 Å². The molecule has 31 heavy (non-hydrogen) atoms. The number of ether oxygens (including phenoxy) is 1. The number of aryl methyl sites for hydroxylation is 2. The average molecular weight is 419 g/mol. The molecule has 2 aromatic carbocycles. The highest BCUT2D eigenvalue weighted by atomic mass is 16.5. The van der Waals surface area contributed by atoms with Gasteiger partial charge >= 0.3 is 0 Å². The largest absolute Gasteiger partial charge is 0.478 e. The van der Waals surface area contributed by atoms with Gasteiger partial charge in [-0.2, -0.15) is 0 Å². The minimum Gasteiger partial charge on any atom is -0.478 e. The highest BCUT2D eigenvalue weighted by Gasteiger charge is 2.29. The Morgan fingerprint density at radius 2 is 1.90 bits per heavy atom. The van der Waals surface area contributed by atoms with Crippen LogP contribution >= 0.6 is 0 Å². The smallest absolute Gasteiger partial charge is 0.256 e. The number of rotatable bonds is 4. The van der Waals surface area contributed by atoms with E-state index < -0.39 is 0 Å². The van der Waals surface area contributed by atoms with Gasteiger partial charge in [0, 0.05) is 25.8 Å². The number of anilines is 1. The van der Waals surface area contributed by atoms with Crippen molar-refractivity contribution < 1.29 is 9.53 Å². The normalized spacial score (nSPS) is 17.4. The number of aliphatic imine (C=N–C) groups is 2. The van der Waals surface area contributed by atoms with Gasteiger partial charge < -0.3 is 15.4 Å². The fraction of sp³-hybridized carbons (Fsp3) is 0.400. The summed E-state index contributed by atoms with van der Waals surface area (Å²) < 4.78 is 5.76. The van der Waals surface area contributed by atoms with Crippen LogP contribution in [0.3, 0.4) is 0 Å². The van der Waals surface area contributed by atoms with Crippen molar-refractivity contribution in [1.82, 2.24) is 4.90 Å². The Labute approximate surface area is 183 Å². The SMILES string of the molecule is CN=C(CC1=NC(C)(C)CO1)c1cc(C(=O)N2Cc3ccc(C)cc3C2)c(N)cc1C. The van der Waals surface area contributed by atoms with E-state index in [0.29, 0.717) is 43.3 Å². The molecule has 0 saturated carbocycles. The topological polar surface area (TPSA) is 80.3 Å². The maximum atomic E-state index is 13.4. The Hall–Kier alpha value is -3.15. The van der Waals surface area contributed by atoms with Gasteiger partial charge in [0.15, 0.2) is 5.90 Å². The Bertz CT molecular complexity index is 1110. The van der Waals surface area contributed by atoms with Gasteiger partial charge in [-0.25, -0.2) is 4.99 Å². The number of nitrogens with two attached hydrogens (primary N) is 1. The van der Waals surface area contributed by atoms with Gasteiger partial charge in [-0.15, -0.1) is 0 Å². The standard InChI is InChI=1S/C25H30N4O2/c1-15-6-7-17-12-29(13-18(17)8-15)24(30)20-10-19(16(2)9-21(20)26)22(27-5)11-23-28-25(3,4)14-31-23/h6-10H,11-14,26H2,1-5H3. The summed E-state index contributed by atoms with van der Waals surface area (Å²) in [5.41, 5.74) is 13.4. The molecule has 0 aliphatic carbocycles. The number of hydrogen-bond acceptors (Lipinski definition) is 5. The fourth-order valence-electron chi connectivity index (χ4n) is 4.25. The molecule has 6 nitrogen and oxygen atoms in total. The van der Waals surface area contributed by atoms with Gasteiger partial charge in [-0.1, -0.05) is 23.8 Å². The van der Waals surface area contributed by atoms with Crippen molar-refractivity contribution in [3.05, 3.63) is 63.7 Å². The Kier molecular flexibility index (Phi) is 5.33. The molecule has 0 saturated heterocycles. The van der Waals surface area contributed by atoms with E-state index in [1.165, 1.54) is 16.7 Å². The first-order valence-electron chi connectivity index (χ1n) is 10.6. The van der Waals surface area contributed by atoms with Crippen LogP contribution in [0.25, 0.3) is 0 Å². The monoisotopic (exact) mass is 418 g/mol. The maximum absolute atomic E-state index is 13.4. The summed E-state index contributed by atoms with van der Waals surface area (Å²) in [5.74, 6) is 0.624. The highest BCUT2D eigenvalue weighted by molar-refractivity contribution is 6.13. The van der Waals surface area contributed by atoms with E-state index in [9.17, 15) is 4.79 Å². The molecule has 2 heterocycles. The van der Waals surface area contributed by atoms with Gasteiger partial charge in [0.25, 0.3) is 5.91 Å². The molecule has 0 aromatic heterocycles. The van der Waals surface area contributed by atoms with Crippen LogP contribution in [-0.2, 0) is 17.8 Å². The number of hydrogen-bond donors (Lipinski definition) is 1. The van der Waals surface area contributed by atoms with Gasteiger partial charge in [0.05, 0.1) is 23.2 Å². The fourth-order valence-corrected chi connectivity index (χ4v) is 4.25. The predicted molar refractivity (Wildman–Crippen MR) is 125 cm³/mol. The second-order valence-corrected chi connectivity index (χ2v) is 9.14. The lowest BCUT2D eigenvalue weighted by Crippen LogP contribution is -2.26. The summed E-state index contributed by atoms with van der Waals surface area (Å²) in [6.45, 7) is 9.92. The van der Waals surface area contributed by atoms with E-state index >= 15 is 0 Å². The summed E-state index contributed by atoms with van der Waals surface area (Å²) in [4.78, 5) is 24.4. The highest BCUT2D eigenvalue weighted by Crippen LogP contribution is 2.29. The van der Waals surface area contributed by atoms with E-state index in [4.69, 9.17) is 10.5 Å². The molecule has 2 aromatic rings. The molecule has 0 unspecified atom stereocenters.